The van der Waals surface area contributed by atoms with E-state index in [1.165, 1.54) is 77.4 Å². The van der Waals surface area contributed by atoms with Gasteiger partial charge in [-0.2, -0.15) is 0 Å². The third kappa shape index (κ3) is 3.67. The van der Waals surface area contributed by atoms with Crippen LogP contribution in [0, 0.1) is 35.5 Å². The number of rotatable bonds is 2. The van der Waals surface area contributed by atoms with Crippen LogP contribution in [0.2, 0.25) is 0 Å². The molecule has 4 heteroatoms. The minimum Gasteiger partial charge on any atom is -0.339 e. The molecular weight excluding hydrogens is 394 g/mol. The van der Waals surface area contributed by atoms with Gasteiger partial charge in [0.25, 0.3) is 0 Å². The maximum absolute atomic E-state index is 13.5. The fourth-order valence-corrected chi connectivity index (χ4v) is 9.54. The summed E-state index contributed by atoms with van der Waals surface area (Å²) in [5, 5.41) is 0. The number of amides is 1. The molecule has 0 aromatic rings. The SMILES string of the molecule is CC1CC2CCC(C3CC(C)C4CC(C5CC(C)C6CCCCN6C5=O)CCN4C3)N2C1. The van der Waals surface area contributed by atoms with Gasteiger partial charge in [-0.25, -0.2) is 0 Å². The summed E-state index contributed by atoms with van der Waals surface area (Å²) < 4.78 is 0. The molecule has 10 unspecified atom stereocenters. The molecule has 6 rings (SSSR count). The first-order chi connectivity index (χ1) is 15.5. The van der Waals surface area contributed by atoms with Crippen molar-refractivity contribution in [1.82, 2.24) is 14.7 Å². The van der Waals surface area contributed by atoms with E-state index >= 15 is 0 Å². The zero-order valence-electron chi connectivity index (χ0n) is 20.9. The lowest BCUT2D eigenvalue weighted by molar-refractivity contribution is -0.151. The molecule has 0 spiro atoms. The Morgan fingerprint density at radius 2 is 1.56 bits per heavy atom. The number of carbonyl (C=O) groups is 1. The molecular formula is C28H47N3O. The van der Waals surface area contributed by atoms with Gasteiger partial charge in [-0.3, -0.25) is 14.6 Å². The van der Waals surface area contributed by atoms with E-state index in [0.29, 0.717) is 29.7 Å². The van der Waals surface area contributed by atoms with Crippen molar-refractivity contribution in [3.05, 3.63) is 0 Å². The van der Waals surface area contributed by atoms with Crippen molar-refractivity contribution < 1.29 is 4.79 Å². The van der Waals surface area contributed by atoms with E-state index < -0.39 is 0 Å². The summed E-state index contributed by atoms with van der Waals surface area (Å²) in [4.78, 5) is 21.6. The molecule has 6 aliphatic rings. The Balaban J connectivity index is 1.11. The van der Waals surface area contributed by atoms with Crippen LogP contribution in [0.3, 0.4) is 0 Å². The standard InChI is InChI=1S/C28H47N3O/c1-18-12-23-7-8-26(31(23)16-18)22-13-19(2)27-15-21(9-11-29(27)17-22)24-14-20(3)25-6-4-5-10-30(25)28(24)32/h18-27H,4-17H2,1-3H3. The smallest absolute Gasteiger partial charge is 0.226 e. The van der Waals surface area contributed by atoms with E-state index in [2.05, 4.69) is 35.5 Å². The maximum atomic E-state index is 13.5. The zero-order valence-corrected chi connectivity index (χ0v) is 20.9. The summed E-state index contributed by atoms with van der Waals surface area (Å²) in [6, 6.07) is 3.02. The number of hydrogen-bond acceptors (Lipinski definition) is 3. The summed E-state index contributed by atoms with van der Waals surface area (Å²) in [6.07, 6.45) is 13.2. The first-order valence-electron chi connectivity index (χ1n) is 14.3. The fraction of sp³-hybridized carbons (Fsp3) is 0.964. The summed E-state index contributed by atoms with van der Waals surface area (Å²) >= 11 is 0. The topological polar surface area (TPSA) is 26.8 Å². The van der Waals surface area contributed by atoms with E-state index in [9.17, 15) is 4.79 Å². The van der Waals surface area contributed by atoms with Crippen molar-refractivity contribution in [1.29, 1.82) is 0 Å². The van der Waals surface area contributed by atoms with Gasteiger partial charge in [-0.05, 0) is 100 Å². The van der Waals surface area contributed by atoms with Crippen molar-refractivity contribution >= 4 is 5.91 Å². The van der Waals surface area contributed by atoms with Crippen LogP contribution in [-0.4, -0.2) is 71.0 Å². The summed E-state index contributed by atoms with van der Waals surface area (Å²) in [7, 11) is 0. The average Bonchev–Trinajstić information content (AvgIpc) is 3.35. The quantitative estimate of drug-likeness (QED) is 0.625. The molecule has 0 radical (unpaired) electrons. The van der Waals surface area contributed by atoms with Crippen LogP contribution in [0.25, 0.3) is 0 Å². The van der Waals surface area contributed by atoms with Gasteiger partial charge in [0, 0.05) is 49.7 Å². The van der Waals surface area contributed by atoms with Gasteiger partial charge in [0.15, 0.2) is 0 Å². The minimum absolute atomic E-state index is 0.313. The van der Waals surface area contributed by atoms with Crippen molar-refractivity contribution in [2.45, 2.75) is 109 Å². The van der Waals surface area contributed by atoms with E-state index in [-0.39, 0.29) is 0 Å². The van der Waals surface area contributed by atoms with E-state index in [1.807, 2.05) is 0 Å². The van der Waals surface area contributed by atoms with Crippen molar-refractivity contribution in [3.8, 4) is 0 Å². The largest absolute Gasteiger partial charge is 0.339 e. The van der Waals surface area contributed by atoms with Gasteiger partial charge in [0.1, 0.15) is 0 Å². The van der Waals surface area contributed by atoms with Gasteiger partial charge in [-0.15, -0.1) is 0 Å². The first-order valence-corrected chi connectivity index (χ1v) is 14.3. The molecule has 6 aliphatic heterocycles. The number of fused-ring (bicyclic) bond motifs is 3. The Hall–Kier alpha value is -0.610. The highest BCUT2D eigenvalue weighted by Crippen LogP contribution is 2.46. The van der Waals surface area contributed by atoms with Crippen molar-refractivity contribution in [3.63, 3.8) is 0 Å². The second-order valence-electron chi connectivity index (χ2n) is 13.1. The lowest BCUT2D eigenvalue weighted by Crippen LogP contribution is -2.59. The van der Waals surface area contributed by atoms with Crippen LogP contribution in [0.1, 0.15) is 85.0 Å². The second kappa shape index (κ2) is 8.56. The molecule has 6 fully saturated rings. The molecule has 0 aliphatic carbocycles. The predicted octanol–water partition coefficient (Wildman–Crippen LogP) is 4.63. The van der Waals surface area contributed by atoms with Crippen molar-refractivity contribution in [2.24, 2.45) is 35.5 Å². The molecule has 32 heavy (non-hydrogen) atoms. The van der Waals surface area contributed by atoms with Gasteiger partial charge < -0.3 is 4.90 Å². The molecule has 6 heterocycles. The van der Waals surface area contributed by atoms with Gasteiger partial charge in [0.05, 0.1) is 0 Å². The van der Waals surface area contributed by atoms with Crippen LogP contribution in [0.15, 0.2) is 0 Å². The molecule has 4 nitrogen and oxygen atoms in total. The zero-order chi connectivity index (χ0) is 22.0. The Morgan fingerprint density at radius 3 is 2.44 bits per heavy atom. The highest BCUT2D eigenvalue weighted by atomic mass is 16.2. The van der Waals surface area contributed by atoms with Gasteiger partial charge in [0.2, 0.25) is 5.91 Å². The van der Waals surface area contributed by atoms with Gasteiger partial charge >= 0.3 is 0 Å². The number of piperidine rings is 4. The molecule has 0 aromatic carbocycles. The fourth-order valence-electron chi connectivity index (χ4n) is 9.54. The minimum atomic E-state index is 0.313. The van der Waals surface area contributed by atoms with E-state index in [0.717, 1.165) is 48.8 Å². The molecule has 0 aromatic heterocycles. The number of hydrogen-bond donors (Lipinski definition) is 0. The maximum Gasteiger partial charge on any atom is 0.226 e. The third-order valence-electron chi connectivity index (χ3n) is 11.0. The summed E-state index contributed by atoms with van der Waals surface area (Å²) in [5.74, 6) is 4.74. The molecule has 0 saturated carbocycles. The van der Waals surface area contributed by atoms with Crippen LogP contribution in [0.4, 0.5) is 0 Å². The predicted molar refractivity (Wildman–Crippen MR) is 129 cm³/mol. The monoisotopic (exact) mass is 441 g/mol. The van der Waals surface area contributed by atoms with Crippen LogP contribution in [0.5, 0.6) is 0 Å². The van der Waals surface area contributed by atoms with Crippen LogP contribution < -0.4 is 0 Å². The lowest BCUT2D eigenvalue weighted by atomic mass is 9.68. The normalized spacial score (nSPS) is 50.2. The summed E-state index contributed by atoms with van der Waals surface area (Å²) in [6.45, 7) is 12.4. The highest BCUT2D eigenvalue weighted by Gasteiger charge is 2.49. The summed E-state index contributed by atoms with van der Waals surface area (Å²) in [5.41, 5.74) is 0. The Kier molecular flexibility index (Phi) is 5.85. The second-order valence-corrected chi connectivity index (χ2v) is 13.1. The highest BCUT2D eigenvalue weighted by molar-refractivity contribution is 5.80. The number of nitrogens with zero attached hydrogens (tertiary/aromatic N) is 3. The van der Waals surface area contributed by atoms with E-state index in [4.69, 9.17) is 0 Å². The molecule has 6 saturated heterocycles. The van der Waals surface area contributed by atoms with Crippen molar-refractivity contribution in [2.75, 3.05) is 26.2 Å². The average molecular weight is 442 g/mol. The van der Waals surface area contributed by atoms with E-state index in [1.54, 1.807) is 0 Å². The Labute approximate surface area is 196 Å². The molecule has 0 bridgehead atoms. The Bertz CT molecular complexity index is 711. The molecule has 0 N–H and O–H groups in total. The van der Waals surface area contributed by atoms with Crippen LogP contribution in [-0.2, 0) is 4.79 Å². The molecule has 180 valence electrons. The number of carbonyl (C=O) groups excluding carboxylic acids is 1. The first kappa shape index (κ1) is 21.9. The molecule has 10 atom stereocenters. The molecule has 1 amide bonds. The van der Waals surface area contributed by atoms with Crippen LogP contribution >= 0.6 is 0 Å². The third-order valence-corrected chi connectivity index (χ3v) is 11.0. The van der Waals surface area contributed by atoms with Gasteiger partial charge in [-0.1, -0.05) is 20.8 Å². The lowest BCUT2D eigenvalue weighted by Gasteiger charge is -2.53. The Morgan fingerprint density at radius 1 is 0.719 bits per heavy atom.